The summed E-state index contributed by atoms with van der Waals surface area (Å²) in [5.41, 5.74) is 2.72. The van der Waals surface area contributed by atoms with Crippen LogP contribution in [0.1, 0.15) is 22.6 Å². The van der Waals surface area contributed by atoms with Gasteiger partial charge in [-0.25, -0.2) is 4.98 Å². The van der Waals surface area contributed by atoms with Crippen LogP contribution in [0.2, 0.25) is 0 Å². The highest BCUT2D eigenvalue weighted by atomic mass is 16.5. The average molecular weight is 427 g/mol. The lowest BCUT2D eigenvalue weighted by atomic mass is 10.2. The predicted molar refractivity (Wildman–Crippen MR) is 117 cm³/mol. The van der Waals surface area contributed by atoms with E-state index in [0.717, 1.165) is 23.2 Å². The van der Waals surface area contributed by atoms with E-state index in [1.54, 1.807) is 11.1 Å². The molecule has 0 radical (unpaired) electrons. The lowest BCUT2D eigenvalue weighted by Gasteiger charge is -2.17. The van der Waals surface area contributed by atoms with Gasteiger partial charge in [-0.05, 0) is 19.1 Å². The zero-order valence-corrected chi connectivity index (χ0v) is 17.5. The first kappa shape index (κ1) is 19.9. The number of carbonyl (C=O) groups is 1. The van der Waals surface area contributed by atoms with E-state index in [2.05, 4.69) is 20.1 Å². The molecule has 0 saturated carbocycles. The summed E-state index contributed by atoms with van der Waals surface area (Å²) in [6, 6.07) is 17.2. The van der Waals surface area contributed by atoms with Gasteiger partial charge in [0.15, 0.2) is 0 Å². The predicted octanol–water partition coefficient (Wildman–Crippen LogP) is 3.80. The van der Waals surface area contributed by atoms with Crippen molar-refractivity contribution in [3.8, 4) is 28.6 Å². The van der Waals surface area contributed by atoms with Crippen LogP contribution in [0.5, 0.6) is 5.75 Å². The molecule has 4 aromatic rings. The van der Waals surface area contributed by atoms with Crippen LogP contribution in [0.25, 0.3) is 22.8 Å². The van der Waals surface area contributed by atoms with Crippen LogP contribution >= 0.6 is 0 Å². The third-order valence-electron chi connectivity index (χ3n) is 5.30. The van der Waals surface area contributed by atoms with Crippen molar-refractivity contribution in [2.24, 2.45) is 0 Å². The standard InChI is InChI=1S/C24H21N5O3/c1-16-13-26-20(14-25-16)24(30)29-12-11-18(15-29)31-21-10-6-5-9-19(21)23-27-22(28-32-23)17-7-3-2-4-8-17/h2-10,13-14,18H,11-12,15H2,1H3. The number of carbonyl (C=O) groups excluding carboxylic acids is 1. The van der Waals surface area contributed by atoms with Gasteiger partial charge in [-0.2, -0.15) is 4.98 Å². The summed E-state index contributed by atoms with van der Waals surface area (Å²) in [6.07, 6.45) is 3.69. The van der Waals surface area contributed by atoms with E-state index in [0.29, 0.717) is 36.2 Å². The molecule has 1 saturated heterocycles. The van der Waals surface area contributed by atoms with Crippen molar-refractivity contribution < 1.29 is 14.1 Å². The minimum atomic E-state index is -0.143. The van der Waals surface area contributed by atoms with Crippen molar-refractivity contribution in [1.82, 2.24) is 25.0 Å². The molecule has 0 aliphatic carbocycles. The molecular weight excluding hydrogens is 406 g/mol. The molecule has 1 amide bonds. The molecule has 5 rings (SSSR count). The summed E-state index contributed by atoms with van der Waals surface area (Å²) >= 11 is 0. The quantitative estimate of drug-likeness (QED) is 0.478. The zero-order chi connectivity index (χ0) is 21.9. The second kappa shape index (κ2) is 8.58. The van der Waals surface area contributed by atoms with Gasteiger partial charge in [-0.3, -0.25) is 9.78 Å². The average Bonchev–Trinajstić information content (AvgIpc) is 3.50. The number of para-hydroxylation sites is 1. The third-order valence-corrected chi connectivity index (χ3v) is 5.30. The molecule has 2 aromatic carbocycles. The number of hydrogen-bond acceptors (Lipinski definition) is 7. The summed E-state index contributed by atoms with van der Waals surface area (Å²) in [5, 5.41) is 4.10. The van der Waals surface area contributed by atoms with Crippen molar-refractivity contribution in [3.05, 3.63) is 78.4 Å². The van der Waals surface area contributed by atoms with Gasteiger partial charge in [0.25, 0.3) is 11.8 Å². The number of nitrogens with zero attached hydrogens (tertiary/aromatic N) is 5. The van der Waals surface area contributed by atoms with Crippen LogP contribution in [-0.2, 0) is 0 Å². The molecule has 1 atom stereocenters. The maximum Gasteiger partial charge on any atom is 0.274 e. The van der Waals surface area contributed by atoms with E-state index in [9.17, 15) is 4.79 Å². The van der Waals surface area contributed by atoms with Gasteiger partial charge in [-0.15, -0.1) is 0 Å². The van der Waals surface area contributed by atoms with Crippen LogP contribution in [0.3, 0.4) is 0 Å². The number of rotatable bonds is 5. The van der Waals surface area contributed by atoms with Gasteiger partial charge in [0.1, 0.15) is 17.5 Å². The van der Waals surface area contributed by atoms with E-state index in [-0.39, 0.29) is 12.0 Å². The SMILES string of the molecule is Cc1cnc(C(=O)N2CCC(Oc3ccccc3-c3nc(-c4ccccc4)no3)C2)cn1. The van der Waals surface area contributed by atoms with Crippen molar-refractivity contribution in [2.45, 2.75) is 19.4 Å². The topological polar surface area (TPSA) is 94.2 Å². The molecule has 2 aromatic heterocycles. The highest BCUT2D eigenvalue weighted by Crippen LogP contribution is 2.32. The number of ether oxygens (including phenoxy) is 1. The van der Waals surface area contributed by atoms with Gasteiger partial charge in [-0.1, -0.05) is 47.6 Å². The first-order valence-corrected chi connectivity index (χ1v) is 10.4. The molecule has 8 nitrogen and oxygen atoms in total. The van der Waals surface area contributed by atoms with Crippen molar-refractivity contribution in [2.75, 3.05) is 13.1 Å². The third kappa shape index (κ3) is 4.07. The summed E-state index contributed by atoms with van der Waals surface area (Å²) < 4.78 is 11.8. The minimum Gasteiger partial charge on any atom is -0.488 e. The molecule has 0 bridgehead atoms. The molecule has 8 heteroatoms. The fraction of sp³-hybridized carbons (Fsp3) is 0.208. The number of likely N-dealkylation sites (tertiary alicyclic amines) is 1. The van der Waals surface area contributed by atoms with Gasteiger partial charge >= 0.3 is 0 Å². The number of amides is 1. The van der Waals surface area contributed by atoms with E-state index in [1.165, 1.54) is 6.20 Å². The molecule has 160 valence electrons. The molecule has 1 aliphatic heterocycles. The number of aryl methyl sites for hydroxylation is 1. The Morgan fingerprint density at radius 3 is 2.69 bits per heavy atom. The normalized spacial score (nSPS) is 15.7. The van der Waals surface area contributed by atoms with Crippen LogP contribution in [0.4, 0.5) is 0 Å². The maximum absolute atomic E-state index is 12.7. The first-order valence-electron chi connectivity index (χ1n) is 10.4. The number of aromatic nitrogens is 4. The Hall–Kier alpha value is -4.07. The first-order chi connectivity index (χ1) is 15.7. The summed E-state index contributed by atoms with van der Waals surface area (Å²) in [7, 11) is 0. The van der Waals surface area contributed by atoms with E-state index in [1.807, 2.05) is 61.5 Å². The highest BCUT2D eigenvalue weighted by molar-refractivity contribution is 5.92. The van der Waals surface area contributed by atoms with Crippen LogP contribution in [-0.4, -0.2) is 50.1 Å². The maximum atomic E-state index is 12.7. The van der Waals surface area contributed by atoms with Crippen molar-refractivity contribution >= 4 is 5.91 Å². The molecule has 0 N–H and O–H groups in total. The highest BCUT2D eigenvalue weighted by Gasteiger charge is 2.30. The largest absolute Gasteiger partial charge is 0.488 e. The molecule has 0 spiro atoms. The molecule has 1 aliphatic rings. The Balaban J connectivity index is 1.31. The van der Waals surface area contributed by atoms with Crippen LogP contribution < -0.4 is 4.74 Å². The van der Waals surface area contributed by atoms with E-state index < -0.39 is 0 Å². The number of benzene rings is 2. The Labute approximate surface area is 184 Å². The van der Waals surface area contributed by atoms with Crippen molar-refractivity contribution in [1.29, 1.82) is 0 Å². The Bertz CT molecular complexity index is 1220. The Kier molecular flexibility index (Phi) is 5.33. The van der Waals surface area contributed by atoms with Crippen LogP contribution in [0.15, 0.2) is 71.5 Å². The fourth-order valence-electron chi connectivity index (χ4n) is 3.64. The summed E-state index contributed by atoms with van der Waals surface area (Å²) in [5.74, 6) is 1.42. The molecule has 32 heavy (non-hydrogen) atoms. The van der Waals surface area contributed by atoms with Gasteiger partial charge in [0.05, 0.1) is 24.0 Å². The lowest BCUT2D eigenvalue weighted by molar-refractivity contribution is 0.0766. The molecular formula is C24H21N5O3. The van der Waals surface area contributed by atoms with Gasteiger partial charge in [0, 0.05) is 24.7 Å². The number of hydrogen-bond donors (Lipinski definition) is 0. The lowest BCUT2D eigenvalue weighted by Crippen LogP contribution is -2.31. The van der Waals surface area contributed by atoms with Crippen LogP contribution in [0, 0.1) is 6.92 Å². The zero-order valence-electron chi connectivity index (χ0n) is 17.5. The smallest absolute Gasteiger partial charge is 0.274 e. The Morgan fingerprint density at radius 2 is 1.88 bits per heavy atom. The van der Waals surface area contributed by atoms with Gasteiger partial charge in [0.2, 0.25) is 5.82 Å². The fourth-order valence-corrected chi connectivity index (χ4v) is 3.64. The molecule has 3 heterocycles. The summed E-state index contributed by atoms with van der Waals surface area (Å²) in [6.45, 7) is 2.91. The van der Waals surface area contributed by atoms with E-state index >= 15 is 0 Å². The van der Waals surface area contributed by atoms with Crippen molar-refractivity contribution in [3.63, 3.8) is 0 Å². The van der Waals surface area contributed by atoms with E-state index in [4.69, 9.17) is 9.26 Å². The second-order valence-electron chi connectivity index (χ2n) is 7.61. The molecule has 1 fully saturated rings. The Morgan fingerprint density at radius 1 is 1.06 bits per heavy atom. The molecule has 1 unspecified atom stereocenters. The summed E-state index contributed by atoms with van der Waals surface area (Å²) in [4.78, 5) is 27.4. The minimum absolute atomic E-state index is 0.138. The second-order valence-corrected chi connectivity index (χ2v) is 7.61. The van der Waals surface area contributed by atoms with Gasteiger partial charge < -0.3 is 14.2 Å². The monoisotopic (exact) mass is 427 g/mol.